The zero-order valence-electron chi connectivity index (χ0n) is 20.7. The summed E-state index contributed by atoms with van der Waals surface area (Å²) >= 11 is 6.12. The third-order valence-corrected chi connectivity index (χ3v) is 6.07. The van der Waals surface area contributed by atoms with Crippen LogP contribution in [0.15, 0.2) is 48.5 Å². The molecule has 33 heavy (non-hydrogen) atoms. The van der Waals surface area contributed by atoms with E-state index in [1.807, 2.05) is 38.1 Å². The van der Waals surface area contributed by atoms with Crippen LogP contribution in [-0.2, 0) is 4.79 Å². The summed E-state index contributed by atoms with van der Waals surface area (Å²) in [6.45, 7) is 7.10. The summed E-state index contributed by atoms with van der Waals surface area (Å²) in [6.07, 6.45) is 12.4. The highest BCUT2D eigenvalue weighted by molar-refractivity contribution is 6.30. The molecule has 0 saturated carbocycles. The number of esters is 1. The van der Waals surface area contributed by atoms with Gasteiger partial charge in [0, 0.05) is 0 Å². The fourth-order valence-electron chi connectivity index (χ4n) is 3.75. The molecule has 0 aliphatic carbocycles. The monoisotopic (exact) mass is 472 g/mol. The molecule has 2 rings (SSSR count). The normalized spacial score (nSPS) is 12.0. The molecule has 0 saturated heterocycles. The van der Waals surface area contributed by atoms with Crippen molar-refractivity contribution in [3.05, 3.63) is 48.5 Å². The molecule has 0 aliphatic rings. The minimum absolute atomic E-state index is 0.347. The second kappa shape index (κ2) is 15.8. The lowest BCUT2D eigenvalue weighted by molar-refractivity contribution is -0.134. The maximum Gasteiger partial charge on any atom is 0.329 e. The molecule has 0 fully saturated rings. The number of alkyl halides is 1. The molecule has 0 heterocycles. The lowest BCUT2D eigenvalue weighted by Gasteiger charge is -2.12. The summed E-state index contributed by atoms with van der Waals surface area (Å²) < 4.78 is 11.3. The number of unbranched alkanes of at least 4 members (excludes halogenated alkanes) is 8. The van der Waals surface area contributed by atoms with Crippen molar-refractivity contribution in [1.29, 1.82) is 0 Å². The molecule has 0 bridgehead atoms. The van der Waals surface area contributed by atoms with Crippen molar-refractivity contribution >= 4 is 17.6 Å². The van der Waals surface area contributed by atoms with Crippen LogP contribution in [0.2, 0.25) is 0 Å². The van der Waals surface area contributed by atoms with Crippen LogP contribution in [0.4, 0.5) is 0 Å². The van der Waals surface area contributed by atoms with Gasteiger partial charge in [-0.3, -0.25) is 4.79 Å². The zero-order chi connectivity index (χ0) is 23.9. The lowest BCUT2D eigenvalue weighted by Crippen LogP contribution is -2.22. The number of rotatable bonds is 16. The first kappa shape index (κ1) is 27.2. The van der Waals surface area contributed by atoms with Crippen LogP contribution in [0.5, 0.6) is 11.5 Å². The lowest BCUT2D eigenvalue weighted by atomic mass is 10.1. The summed E-state index contributed by atoms with van der Waals surface area (Å²) in [5, 5.41) is -0.618. The van der Waals surface area contributed by atoms with Gasteiger partial charge >= 0.3 is 5.97 Å². The van der Waals surface area contributed by atoms with E-state index in [9.17, 15) is 4.79 Å². The summed E-state index contributed by atoms with van der Waals surface area (Å²) in [5.41, 5.74) is 2.16. The molecule has 0 aliphatic heterocycles. The molecule has 0 aromatic heterocycles. The Morgan fingerprint density at radius 1 is 0.758 bits per heavy atom. The van der Waals surface area contributed by atoms with Crippen LogP contribution in [-0.4, -0.2) is 18.0 Å². The van der Waals surface area contributed by atoms with Gasteiger partial charge in [-0.15, -0.1) is 11.6 Å². The van der Waals surface area contributed by atoms with Gasteiger partial charge in [0.15, 0.2) is 0 Å². The molecule has 4 heteroatoms. The number of carbonyl (C=O) groups excluding carboxylic acids is 1. The van der Waals surface area contributed by atoms with Crippen molar-refractivity contribution in [2.45, 2.75) is 90.4 Å². The first-order valence-corrected chi connectivity index (χ1v) is 13.1. The number of hydrogen-bond acceptors (Lipinski definition) is 3. The van der Waals surface area contributed by atoms with Gasteiger partial charge in [0.1, 0.15) is 16.9 Å². The molecule has 2 aromatic rings. The van der Waals surface area contributed by atoms with E-state index in [0.717, 1.165) is 29.9 Å². The van der Waals surface area contributed by atoms with Gasteiger partial charge in [-0.25, -0.2) is 0 Å². The third kappa shape index (κ3) is 11.1. The SMILES string of the molecule is CCCCCCCCCCCOc1ccc(-c2ccc(OC(=O)C(Cl)CC(C)C)cc2)cc1. The molecular weight excluding hydrogens is 432 g/mol. The topological polar surface area (TPSA) is 35.5 Å². The molecule has 2 aromatic carbocycles. The highest BCUT2D eigenvalue weighted by atomic mass is 35.5. The van der Waals surface area contributed by atoms with E-state index >= 15 is 0 Å². The highest BCUT2D eigenvalue weighted by Crippen LogP contribution is 2.25. The van der Waals surface area contributed by atoms with Crippen LogP contribution in [0.3, 0.4) is 0 Å². The third-order valence-electron chi connectivity index (χ3n) is 5.71. The summed E-state index contributed by atoms with van der Waals surface area (Å²) in [4.78, 5) is 12.1. The van der Waals surface area contributed by atoms with Crippen molar-refractivity contribution in [2.75, 3.05) is 6.61 Å². The average Bonchev–Trinajstić information content (AvgIpc) is 2.81. The van der Waals surface area contributed by atoms with Crippen LogP contribution >= 0.6 is 11.6 Å². The van der Waals surface area contributed by atoms with Crippen LogP contribution in [0.1, 0.15) is 85.0 Å². The van der Waals surface area contributed by atoms with Gasteiger partial charge in [-0.1, -0.05) is 96.4 Å². The first-order valence-electron chi connectivity index (χ1n) is 12.7. The Labute approximate surface area is 205 Å². The number of benzene rings is 2. The van der Waals surface area contributed by atoms with E-state index in [1.54, 1.807) is 12.1 Å². The van der Waals surface area contributed by atoms with Crippen LogP contribution in [0, 0.1) is 5.92 Å². The minimum atomic E-state index is -0.618. The Kier molecular flexibility index (Phi) is 13.0. The predicted molar refractivity (Wildman–Crippen MR) is 139 cm³/mol. The second-order valence-corrected chi connectivity index (χ2v) is 9.77. The summed E-state index contributed by atoms with van der Waals surface area (Å²) in [6, 6.07) is 15.7. The van der Waals surface area contributed by atoms with E-state index in [-0.39, 0.29) is 0 Å². The Morgan fingerprint density at radius 2 is 1.24 bits per heavy atom. The number of carbonyl (C=O) groups is 1. The summed E-state index contributed by atoms with van der Waals surface area (Å²) in [7, 11) is 0. The van der Waals surface area contributed by atoms with Gasteiger partial charge in [-0.2, -0.15) is 0 Å². The van der Waals surface area contributed by atoms with Crippen molar-refractivity contribution in [2.24, 2.45) is 5.92 Å². The van der Waals surface area contributed by atoms with E-state index in [2.05, 4.69) is 19.1 Å². The van der Waals surface area contributed by atoms with E-state index in [4.69, 9.17) is 21.1 Å². The fourth-order valence-corrected chi connectivity index (χ4v) is 4.15. The Bertz CT molecular complexity index is 784. The standard InChI is InChI=1S/C29H41ClO3/c1-4-5-6-7-8-9-10-11-12-21-32-26-17-13-24(14-18-26)25-15-19-27(20-16-25)33-29(31)28(30)22-23(2)3/h13-20,23,28H,4-12,21-22H2,1-3H3. The smallest absolute Gasteiger partial charge is 0.329 e. The van der Waals surface area contributed by atoms with E-state index in [1.165, 1.54) is 51.4 Å². The van der Waals surface area contributed by atoms with Gasteiger partial charge < -0.3 is 9.47 Å². The highest BCUT2D eigenvalue weighted by Gasteiger charge is 2.19. The maximum absolute atomic E-state index is 12.1. The molecule has 0 amide bonds. The fraction of sp³-hybridized carbons (Fsp3) is 0.552. The van der Waals surface area contributed by atoms with Gasteiger partial charge in [-0.05, 0) is 54.2 Å². The summed E-state index contributed by atoms with van der Waals surface area (Å²) in [5.74, 6) is 1.37. The van der Waals surface area contributed by atoms with E-state index < -0.39 is 11.3 Å². The van der Waals surface area contributed by atoms with Crippen molar-refractivity contribution < 1.29 is 14.3 Å². The van der Waals surface area contributed by atoms with Gasteiger partial charge in [0.05, 0.1) is 6.61 Å². The average molecular weight is 473 g/mol. The molecule has 3 nitrogen and oxygen atoms in total. The number of ether oxygens (including phenoxy) is 2. The predicted octanol–water partition coefficient (Wildman–Crippen LogP) is 8.82. The Balaban J connectivity index is 1.69. The van der Waals surface area contributed by atoms with Crippen molar-refractivity contribution in [1.82, 2.24) is 0 Å². The molecule has 182 valence electrons. The van der Waals surface area contributed by atoms with Crippen molar-refractivity contribution in [3.8, 4) is 22.6 Å². The quantitative estimate of drug-likeness (QED) is 0.106. The van der Waals surface area contributed by atoms with Gasteiger partial charge in [0.2, 0.25) is 0 Å². The molecule has 0 radical (unpaired) electrons. The number of hydrogen-bond donors (Lipinski definition) is 0. The molecule has 0 spiro atoms. The van der Waals surface area contributed by atoms with Crippen LogP contribution < -0.4 is 9.47 Å². The Hall–Kier alpha value is -2.00. The molecular formula is C29H41ClO3. The largest absolute Gasteiger partial charge is 0.494 e. The molecule has 0 N–H and O–H groups in total. The zero-order valence-corrected chi connectivity index (χ0v) is 21.4. The Morgan fingerprint density at radius 3 is 1.76 bits per heavy atom. The molecule has 1 atom stereocenters. The van der Waals surface area contributed by atoms with Crippen LogP contribution in [0.25, 0.3) is 11.1 Å². The second-order valence-electron chi connectivity index (χ2n) is 9.24. The minimum Gasteiger partial charge on any atom is -0.494 e. The van der Waals surface area contributed by atoms with Gasteiger partial charge in [0.25, 0.3) is 0 Å². The maximum atomic E-state index is 12.1. The first-order chi connectivity index (χ1) is 16.0. The van der Waals surface area contributed by atoms with E-state index in [0.29, 0.717) is 18.1 Å². The molecule has 1 unspecified atom stereocenters. The van der Waals surface area contributed by atoms with Crippen molar-refractivity contribution in [3.63, 3.8) is 0 Å². The number of halogens is 1.